The van der Waals surface area contributed by atoms with E-state index in [2.05, 4.69) is 21.7 Å². The molecule has 1 aromatic rings. The fraction of sp³-hybridized carbons (Fsp3) is 0.250. The van der Waals surface area contributed by atoms with E-state index in [4.69, 9.17) is 0 Å². The summed E-state index contributed by atoms with van der Waals surface area (Å²) in [6.07, 6.45) is 3.66. The maximum absolute atomic E-state index is 3.91. The van der Waals surface area contributed by atoms with Crippen molar-refractivity contribution in [2.45, 2.75) is 6.92 Å². The molecule has 58 valence electrons. The van der Waals surface area contributed by atoms with Gasteiger partial charge in [0.1, 0.15) is 5.82 Å². The van der Waals surface area contributed by atoms with Gasteiger partial charge in [-0.15, -0.1) is 0 Å². The van der Waals surface area contributed by atoms with Gasteiger partial charge in [-0.1, -0.05) is 0 Å². The maximum Gasteiger partial charge on any atom is 0.138 e. The number of hydrogen-bond donors (Lipinski definition) is 1. The lowest BCUT2D eigenvalue weighted by atomic mass is 10.2. The highest BCUT2D eigenvalue weighted by Crippen LogP contribution is 2.17. The summed E-state index contributed by atoms with van der Waals surface area (Å²) in [5.41, 5.74) is 2.15. The van der Waals surface area contributed by atoms with E-state index in [0.717, 1.165) is 16.9 Å². The summed E-state index contributed by atoms with van der Waals surface area (Å²) in [7, 11) is 1.74. The SMILES string of the molecule is C=Nc1[nH]cc(C)c1C=NC. The van der Waals surface area contributed by atoms with Crippen molar-refractivity contribution in [3.8, 4) is 0 Å². The number of nitrogens with one attached hydrogen (secondary N) is 1. The first-order valence-corrected chi connectivity index (χ1v) is 3.36. The number of aromatic nitrogens is 1. The highest BCUT2D eigenvalue weighted by molar-refractivity contribution is 5.87. The van der Waals surface area contributed by atoms with Crippen LogP contribution in [0.5, 0.6) is 0 Å². The third-order valence-corrected chi connectivity index (χ3v) is 1.52. The van der Waals surface area contributed by atoms with Gasteiger partial charge >= 0.3 is 0 Å². The fourth-order valence-corrected chi connectivity index (χ4v) is 0.942. The van der Waals surface area contributed by atoms with E-state index < -0.39 is 0 Å². The summed E-state index contributed by atoms with van der Waals surface area (Å²) in [6, 6.07) is 0. The number of aromatic amines is 1. The second-order valence-electron chi connectivity index (χ2n) is 2.28. The second-order valence-corrected chi connectivity index (χ2v) is 2.28. The highest BCUT2D eigenvalue weighted by Gasteiger charge is 2.02. The molecule has 0 amide bonds. The molecule has 1 aromatic heterocycles. The quantitative estimate of drug-likeness (QED) is 0.622. The number of hydrogen-bond acceptors (Lipinski definition) is 2. The zero-order valence-electron chi connectivity index (χ0n) is 6.76. The first-order chi connectivity index (χ1) is 5.29. The molecule has 0 spiro atoms. The predicted octanol–water partition coefficient (Wildman–Crippen LogP) is 1.70. The molecule has 0 saturated heterocycles. The summed E-state index contributed by atoms with van der Waals surface area (Å²) in [5.74, 6) is 0.785. The van der Waals surface area contributed by atoms with E-state index in [1.54, 1.807) is 13.3 Å². The molecule has 0 aromatic carbocycles. The van der Waals surface area contributed by atoms with Crippen molar-refractivity contribution in [3.05, 3.63) is 17.3 Å². The molecular formula is C8H11N3. The molecule has 0 unspecified atom stereocenters. The number of aryl methyl sites for hydroxylation is 1. The van der Waals surface area contributed by atoms with Gasteiger partial charge in [-0.05, 0) is 19.2 Å². The molecule has 1 heterocycles. The van der Waals surface area contributed by atoms with Gasteiger partial charge in [0.25, 0.3) is 0 Å². The summed E-state index contributed by atoms with van der Waals surface area (Å²) >= 11 is 0. The first-order valence-electron chi connectivity index (χ1n) is 3.36. The van der Waals surface area contributed by atoms with Crippen molar-refractivity contribution >= 4 is 18.7 Å². The Balaban J connectivity index is 3.17. The molecule has 0 fully saturated rings. The number of H-pyrrole nitrogens is 1. The second kappa shape index (κ2) is 3.14. The summed E-state index contributed by atoms with van der Waals surface area (Å²) in [6.45, 7) is 5.45. The van der Waals surface area contributed by atoms with E-state index in [1.807, 2.05) is 13.1 Å². The third-order valence-electron chi connectivity index (χ3n) is 1.52. The van der Waals surface area contributed by atoms with Crippen LogP contribution in [0, 0.1) is 6.92 Å². The number of aliphatic imine (C=N–C) groups is 2. The lowest BCUT2D eigenvalue weighted by molar-refractivity contribution is 1.34. The average Bonchev–Trinajstić information content (AvgIpc) is 2.34. The minimum Gasteiger partial charge on any atom is -0.346 e. The average molecular weight is 149 g/mol. The van der Waals surface area contributed by atoms with Gasteiger partial charge in [-0.2, -0.15) is 0 Å². The summed E-state index contributed by atoms with van der Waals surface area (Å²) in [5, 5.41) is 0. The van der Waals surface area contributed by atoms with Crippen molar-refractivity contribution in [2.75, 3.05) is 7.05 Å². The first kappa shape index (κ1) is 7.72. The van der Waals surface area contributed by atoms with Crippen LogP contribution in [0.1, 0.15) is 11.1 Å². The van der Waals surface area contributed by atoms with E-state index >= 15 is 0 Å². The van der Waals surface area contributed by atoms with E-state index in [1.165, 1.54) is 0 Å². The largest absolute Gasteiger partial charge is 0.346 e. The monoisotopic (exact) mass is 149 g/mol. The van der Waals surface area contributed by atoms with Crippen LogP contribution >= 0.6 is 0 Å². The molecular weight excluding hydrogens is 138 g/mol. The molecule has 0 bridgehead atoms. The van der Waals surface area contributed by atoms with Crippen LogP contribution in [-0.4, -0.2) is 25.0 Å². The summed E-state index contributed by atoms with van der Waals surface area (Å²) < 4.78 is 0. The number of nitrogens with zero attached hydrogens (tertiary/aromatic N) is 2. The Kier molecular flexibility index (Phi) is 2.21. The van der Waals surface area contributed by atoms with Crippen LogP contribution in [0.3, 0.4) is 0 Å². The number of rotatable bonds is 2. The Morgan fingerprint density at radius 3 is 2.91 bits per heavy atom. The van der Waals surface area contributed by atoms with Gasteiger partial charge in [0, 0.05) is 25.0 Å². The van der Waals surface area contributed by atoms with E-state index in [0.29, 0.717) is 0 Å². The normalized spacial score (nSPS) is 10.7. The zero-order valence-corrected chi connectivity index (χ0v) is 6.76. The van der Waals surface area contributed by atoms with Gasteiger partial charge < -0.3 is 4.98 Å². The molecule has 1 rings (SSSR count). The van der Waals surface area contributed by atoms with Crippen molar-refractivity contribution in [3.63, 3.8) is 0 Å². The molecule has 0 atom stereocenters. The zero-order chi connectivity index (χ0) is 8.27. The minimum atomic E-state index is 0.785. The standard InChI is InChI=1S/C8H11N3/c1-6-4-11-8(10-3)7(6)5-9-2/h4-5,11H,3H2,1-2H3. The lowest BCUT2D eigenvalue weighted by Crippen LogP contribution is -1.80. The molecule has 0 aliphatic rings. The fourth-order valence-electron chi connectivity index (χ4n) is 0.942. The predicted molar refractivity (Wildman–Crippen MR) is 48.3 cm³/mol. The van der Waals surface area contributed by atoms with Crippen LogP contribution in [0.15, 0.2) is 16.2 Å². The van der Waals surface area contributed by atoms with Crippen LogP contribution in [0.4, 0.5) is 5.82 Å². The van der Waals surface area contributed by atoms with E-state index in [-0.39, 0.29) is 0 Å². The van der Waals surface area contributed by atoms with Crippen LogP contribution in [-0.2, 0) is 0 Å². The van der Waals surface area contributed by atoms with Gasteiger partial charge in [-0.3, -0.25) is 4.99 Å². The Morgan fingerprint density at radius 1 is 1.64 bits per heavy atom. The topological polar surface area (TPSA) is 40.5 Å². The van der Waals surface area contributed by atoms with Gasteiger partial charge in [-0.25, -0.2) is 4.99 Å². The van der Waals surface area contributed by atoms with Crippen molar-refractivity contribution in [2.24, 2.45) is 9.98 Å². The molecule has 11 heavy (non-hydrogen) atoms. The minimum absolute atomic E-state index is 0.785. The molecule has 0 aliphatic heterocycles. The molecule has 3 nitrogen and oxygen atoms in total. The molecule has 1 N–H and O–H groups in total. The lowest BCUT2D eigenvalue weighted by Gasteiger charge is -1.90. The molecule has 0 saturated carbocycles. The van der Waals surface area contributed by atoms with Crippen LogP contribution in [0.25, 0.3) is 0 Å². The van der Waals surface area contributed by atoms with E-state index in [9.17, 15) is 0 Å². The van der Waals surface area contributed by atoms with Gasteiger partial charge in [0.15, 0.2) is 0 Å². The smallest absolute Gasteiger partial charge is 0.138 e. The Hall–Kier alpha value is -1.38. The highest BCUT2D eigenvalue weighted by atomic mass is 14.9. The van der Waals surface area contributed by atoms with Crippen LogP contribution < -0.4 is 0 Å². The molecule has 0 radical (unpaired) electrons. The third kappa shape index (κ3) is 1.37. The Bertz CT molecular complexity index is 284. The summed E-state index contributed by atoms with van der Waals surface area (Å²) in [4.78, 5) is 10.7. The van der Waals surface area contributed by atoms with Crippen molar-refractivity contribution in [1.82, 2.24) is 4.98 Å². The van der Waals surface area contributed by atoms with Gasteiger partial charge in [0.05, 0.1) is 0 Å². The van der Waals surface area contributed by atoms with Crippen molar-refractivity contribution in [1.29, 1.82) is 0 Å². The van der Waals surface area contributed by atoms with Gasteiger partial charge in [0.2, 0.25) is 0 Å². The Morgan fingerprint density at radius 2 is 2.36 bits per heavy atom. The molecule has 3 heteroatoms. The molecule has 0 aliphatic carbocycles. The van der Waals surface area contributed by atoms with Crippen LogP contribution in [0.2, 0.25) is 0 Å². The van der Waals surface area contributed by atoms with Crippen molar-refractivity contribution < 1.29 is 0 Å². The maximum atomic E-state index is 3.91. The Labute approximate surface area is 65.9 Å².